The smallest absolute Gasteiger partial charge is 0.240 e. The maximum absolute atomic E-state index is 11.4. The number of halogens is 1. The lowest BCUT2D eigenvalue weighted by molar-refractivity contribution is -0.131. The number of hydrogen-bond acceptors (Lipinski definition) is 2. The number of piperidine rings is 1. The van der Waals surface area contributed by atoms with Crippen LogP contribution in [0.2, 0.25) is 0 Å². The third-order valence-electron chi connectivity index (χ3n) is 2.33. The van der Waals surface area contributed by atoms with Crippen LogP contribution in [0.4, 0.5) is 0 Å². The molecule has 3 nitrogen and oxygen atoms in total. The first kappa shape index (κ1) is 10.3. The molecule has 0 saturated carbocycles. The van der Waals surface area contributed by atoms with Gasteiger partial charge in [0.15, 0.2) is 0 Å². The van der Waals surface area contributed by atoms with E-state index in [1.54, 1.807) is 11.8 Å². The molecule has 0 aromatic heterocycles. The van der Waals surface area contributed by atoms with Crippen molar-refractivity contribution in [2.45, 2.75) is 25.1 Å². The van der Waals surface area contributed by atoms with E-state index in [0.717, 1.165) is 12.8 Å². The highest BCUT2D eigenvalue weighted by Crippen LogP contribution is 2.17. The highest BCUT2D eigenvalue weighted by molar-refractivity contribution is 6.30. The van der Waals surface area contributed by atoms with Gasteiger partial charge < -0.3 is 4.90 Å². The fourth-order valence-corrected chi connectivity index (χ4v) is 1.62. The normalized spacial score (nSPS) is 20.8. The van der Waals surface area contributed by atoms with Crippen LogP contribution >= 0.6 is 11.6 Å². The summed E-state index contributed by atoms with van der Waals surface area (Å²) in [5, 5.41) is 8.20. The van der Waals surface area contributed by atoms with Crippen LogP contribution in [0.3, 0.4) is 0 Å². The molecule has 1 heterocycles. The number of nitrogens with zero attached hydrogens (tertiary/aromatic N) is 2. The number of alkyl halides is 1. The summed E-state index contributed by atoms with van der Waals surface area (Å²) in [6.45, 7) is 3.03. The lowest BCUT2D eigenvalue weighted by atomic mass is 9.98. The third-order valence-corrected chi connectivity index (χ3v) is 2.52. The van der Waals surface area contributed by atoms with Crippen LogP contribution in [0, 0.1) is 17.2 Å². The summed E-state index contributed by atoms with van der Waals surface area (Å²) in [7, 11) is 0. The molecule has 1 aliphatic heterocycles. The zero-order valence-corrected chi connectivity index (χ0v) is 8.42. The minimum Gasteiger partial charge on any atom is -0.341 e. The molecular formula is C9H13ClN2O. The van der Waals surface area contributed by atoms with E-state index in [0.29, 0.717) is 13.1 Å². The van der Waals surface area contributed by atoms with Crippen LogP contribution < -0.4 is 0 Å². The molecule has 1 fully saturated rings. The van der Waals surface area contributed by atoms with Crippen LogP contribution in [-0.2, 0) is 4.79 Å². The quantitative estimate of drug-likeness (QED) is 0.601. The average molecular weight is 201 g/mol. The van der Waals surface area contributed by atoms with Crippen molar-refractivity contribution in [1.29, 1.82) is 5.26 Å². The summed E-state index contributed by atoms with van der Waals surface area (Å²) in [5.74, 6) is 0.104. The van der Waals surface area contributed by atoms with Crippen LogP contribution in [0.15, 0.2) is 0 Å². The van der Waals surface area contributed by atoms with Crippen LogP contribution in [0.5, 0.6) is 0 Å². The van der Waals surface area contributed by atoms with Gasteiger partial charge in [-0.3, -0.25) is 4.79 Å². The molecule has 1 rings (SSSR count). The van der Waals surface area contributed by atoms with Gasteiger partial charge in [-0.2, -0.15) is 5.26 Å². The van der Waals surface area contributed by atoms with E-state index in [2.05, 4.69) is 6.07 Å². The molecule has 0 spiro atoms. The molecule has 0 aromatic rings. The number of nitriles is 1. The third kappa shape index (κ3) is 2.60. The Morgan fingerprint density at radius 2 is 2.15 bits per heavy atom. The standard InChI is InChI=1S/C9H13ClN2O/c1-7(10)9(13)12-4-2-8(6-11)3-5-12/h7-8H,2-5H2,1H3/t7-/m1/s1. The van der Waals surface area contributed by atoms with Gasteiger partial charge in [-0.05, 0) is 19.8 Å². The van der Waals surface area contributed by atoms with E-state index in [-0.39, 0.29) is 11.8 Å². The summed E-state index contributed by atoms with van der Waals surface area (Å²) in [5.41, 5.74) is 0. The largest absolute Gasteiger partial charge is 0.341 e. The second-order valence-corrected chi connectivity index (χ2v) is 4.00. The van der Waals surface area contributed by atoms with Crippen molar-refractivity contribution in [1.82, 2.24) is 4.90 Å². The molecule has 13 heavy (non-hydrogen) atoms. The number of likely N-dealkylation sites (tertiary alicyclic amines) is 1. The molecule has 72 valence electrons. The molecule has 0 N–H and O–H groups in total. The van der Waals surface area contributed by atoms with Gasteiger partial charge in [-0.25, -0.2) is 0 Å². The van der Waals surface area contributed by atoms with Crippen LogP contribution in [-0.4, -0.2) is 29.3 Å². The topological polar surface area (TPSA) is 44.1 Å². The van der Waals surface area contributed by atoms with Crippen molar-refractivity contribution < 1.29 is 4.79 Å². The zero-order chi connectivity index (χ0) is 9.84. The van der Waals surface area contributed by atoms with Gasteiger partial charge in [0, 0.05) is 19.0 Å². The summed E-state index contributed by atoms with van der Waals surface area (Å²) >= 11 is 5.68. The Balaban J connectivity index is 2.42. The second-order valence-electron chi connectivity index (χ2n) is 3.34. The monoisotopic (exact) mass is 200 g/mol. The van der Waals surface area contributed by atoms with Crippen molar-refractivity contribution in [3.05, 3.63) is 0 Å². The molecule has 0 unspecified atom stereocenters. The maximum Gasteiger partial charge on any atom is 0.240 e. The van der Waals surface area contributed by atoms with Gasteiger partial charge in [-0.15, -0.1) is 11.6 Å². The van der Waals surface area contributed by atoms with E-state index in [9.17, 15) is 4.79 Å². The van der Waals surface area contributed by atoms with Crippen LogP contribution in [0.25, 0.3) is 0 Å². The van der Waals surface area contributed by atoms with Crippen molar-refractivity contribution in [2.75, 3.05) is 13.1 Å². The lowest BCUT2D eigenvalue weighted by Crippen LogP contribution is -2.41. The molecule has 0 aromatic carbocycles. The predicted octanol–water partition coefficient (Wildman–Crippen LogP) is 1.38. The fraction of sp³-hybridized carbons (Fsp3) is 0.778. The zero-order valence-electron chi connectivity index (χ0n) is 7.66. The number of carbonyl (C=O) groups excluding carboxylic acids is 1. The molecular weight excluding hydrogens is 188 g/mol. The Morgan fingerprint density at radius 1 is 1.62 bits per heavy atom. The van der Waals surface area contributed by atoms with Gasteiger partial charge in [0.25, 0.3) is 0 Å². The molecule has 1 amide bonds. The number of carbonyl (C=O) groups is 1. The Kier molecular flexibility index (Phi) is 3.56. The average Bonchev–Trinajstić information content (AvgIpc) is 2.17. The Hall–Kier alpha value is -0.750. The first-order valence-electron chi connectivity index (χ1n) is 4.47. The van der Waals surface area contributed by atoms with E-state index in [1.807, 2.05) is 0 Å². The van der Waals surface area contributed by atoms with Crippen LogP contribution in [0.1, 0.15) is 19.8 Å². The number of amides is 1. The highest BCUT2D eigenvalue weighted by atomic mass is 35.5. The SMILES string of the molecule is C[C@@H](Cl)C(=O)N1CCC(C#N)CC1. The minimum atomic E-state index is -0.446. The van der Waals surface area contributed by atoms with Crippen molar-refractivity contribution in [2.24, 2.45) is 5.92 Å². The van der Waals surface area contributed by atoms with E-state index < -0.39 is 5.38 Å². The summed E-state index contributed by atoms with van der Waals surface area (Å²) in [6.07, 6.45) is 1.57. The van der Waals surface area contributed by atoms with Gasteiger partial charge >= 0.3 is 0 Å². The Morgan fingerprint density at radius 3 is 2.54 bits per heavy atom. The summed E-state index contributed by atoms with van der Waals surface area (Å²) in [4.78, 5) is 13.1. The Labute approximate surface area is 83.3 Å². The van der Waals surface area contributed by atoms with Crippen molar-refractivity contribution in [3.63, 3.8) is 0 Å². The van der Waals surface area contributed by atoms with Gasteiger partial charge in [0.1, 0.15) is 5.38 Å². The minimum absolute atomic E-state index is 0.0157. The first-order chi connectivity index (χ1) is 6.15. The predicted molar refractivity (Wildman–Crippen MR) is 50.2 cm³/mol. The molecule has 1 saturated heterocycles. The van der Waals surface area contributed by atoms with Gasteiger partial charge in [0.05, 0.1) is 6.07 Å². The van der Waals surface area contributed by atoms with E-state index >= 15 is 0 Å². The van der Waals surface area contributed by atoms with Crippen molar-refractivity contribution in [3.8, 4) is 6.07 Å². The van der Waals surface area contributed by atoms with Gasteiger partial charge in [0.2, 0.25) is 5.91 Å². The maximum atomic E-state index is 11.4. The Bertz CT molecular complexity index is 226. The fourth-order valence-electron chi connectivity index (χ4n) is 1.48. The van der Waals surface area contributed by atoms with E-state index in [4.69, 9.17) is 16.9 Å². The first-order valence-corrected chi connectivity index (χ1v) is 4.91. The van der Waals surface area contributed by atoms with Gasteiger partial charge in [-0.1, -0.05) is 0 Å². The highest BCUT2D eigenvalue weighted by Gasteiger charge is 2.24. The van der Waals surface area contributed by atoms with E-state index in [1.165, 1.54) is 0 Å². The molecule has 1 atom stereocenters. The molecule has 0 bridgehead atoms. The lowest BCUT2D eigenvalue weighted by Gasteiger charge is -2.29. The molecule has 0 radical (unpaired) electrons. The summed E-state index contributed by atoms with van der Waals surface area (Å²) in [6, 6.07) is 2.22. The van der Waals surface area contributed by atoms with Crippen molar-refractivity contribution >= 4 is 17.5 Å². The molecule has 4 heteroatoms. The molecule has 1 aliphatic rings. The number of rotatable bonds is 1. The molecule has 0 aliphatic carbocycles. The number of hydrogen-bond donors (Lipinski definition) is 0. The second kappa shape index (κ2) is 4.48. The summed E-state index contributed by atoms with van der Waals surface area (Å²) < 4.78 is 0.